The van der Waals surface area contributed by atoms with Crippen molar-refractivity contribution in [3.05, 3.63) is 53.7 Å². The standard InChI is InChI=1S/C19H24N4O/c1-14-6-8-17(9-7-14)21-19(24)23-12-11-22(13-16(23)3)18-15(2)5-4-10-20-18/h4-10,16H,11-13H2,1-3H3,(H,21,24). The number of nitrogens with zero attached hydrogens (tertiary/aromatic N) is 3. The van der Waals surface area contributed by atoms with Crippen LogP contribution in [0.1, 0.15) is 18.1 Å². The molecule has 1 aliphatic heterocycles. The van der Waals surface area contributed by atoms with Crippen LogP contribution in [0.25, 0.3) is 0 Å². The van der Waals surface area contributed by atoms with Gasteiger partial charge in [-0.2, -0.15) is 0 Å². The number of urea groups is 1. The molecule has 1 saturated heterocycles. The fourth-order valence-electron chi connectivity index (χ4n) is 3.09. The number of carbonyl (C=O) groups excluding carboxylic acids is 1. The van der Waals surface area contributed by atoms with Gasteiger partial charge in [-0.25, -0.2) is 9.78 Å². The number of amides is 2. The van der Waals surface area contributed by atoms with Crippen molar-refractivity contribution in [1.29, 1.82) is 0 Å². The molecule has 0 bridgehead atoms. The summed E-state index contributed by atoms with van der Waals surface area (Å²) in [5.74, 6) is 1.02. The van der Waals surface area contributed by atoms with E-state index in [1.807, 2.05) is 48.4 Å². The molecule has 2 amide bonds. The molecular formula is C19H24N4O. The number of hydrogen-bond donors (Lipinski definition) is 1. The lowest BCUT2D eigenvalue weighted by atomic mass is 10.1. The topological polar surface area (TPSA) is 48.5 Å². The minimum absolute atomic E-state index is 0.0382. The molecule has 5 nitrogen and oxygen atoms in total. The van der Waals surface area contributed by atoms with E-state index in [0.717, 1.165) is 24.6 Å². The Bertz CT molecular complexity index is 714. The summed E-state index contributed by atoms with van der Waals surface area (Å²) in [4.78, 5) is 21.2. The monoisotopic (exact) mass is 324 g/mol. The normalized spacial score (nSPS) is 17.7. The Morgan fingerprint density at radius 3 is 2.58 bits per heavy atom. The highest BCUT2D eigenvalue weighted by atomic mass is 16.2. The van der Waals surface area contributed by atoms with E-state index in [1.165, 1.54) is 11.1 Å². The second kappa shape index (κ2) is 6.91. The Balaban J connectivity index is 1.64. The molecule has 0 saturated carbocycles. The van der Waals surface area contributed by atoms with Crippen LogP contribution in [0.15, 0.2) is 42.6 Å². The van der Waals surface area contributed by atoms with Gasteiger partial charge in [-0.3, -0.25) is 0 Å². The van der Waals surface area contributed by atoms with E-state index in [9.17, 15) is 4.79 Å². The number of anilines is 2. The molecule has 1 aromatic carbocycles. The number of aromatic nitrogens is 1. The Labute approximate surface area is 143 Å². The number of aryl methyl sites for hydroxylation is 2. The van der Waals surface area contributed by atoms with Gasteiger partial charge in [0.2, 0.25) is 0 Å². The maximum Gasteiger partial charge on any atom is 0.322 e. The molecule has 1 aliphatic rings. The van der Waals surface area contributed by atoms with Crippen LogP contribution in [-0.2, 0) is 0 Å². The highest BCUT2D eigenvalue weighted by Gasteiger charge is 2.28. The number of piperazine rings is 1. The van der Waals surface area contributed by atoms with Crippen molar-refractivity contribution in [1.82, 2.24) is 9.88 Å². The summed E-state index contributed by atoms with van der Waals surface area (Å²) >= 11 is 0. The molecule has 0 aliphatic carbocycles. The SMILES string of the molecule is Cc1ccc(NC(=O)N2CCN(c3ncccc3C)CC2C)cc1. The lowest BCUT2D eigenvalue weighted by molar-refractivity contribution is 0.184. The smallest absolute Gasteiger partial charge is 0.322 e. The van der Waals surface area contributed by atoms with Crippen LogP contribution in [0.2, 0.25) is 0 Å². The first-order chi connectivity index (χ1) is 11.5. The summed E-state index contributed by atoms with van der Waals surface area (Å²) in [5.41, 5.74) is 3.18. The van der Waals surface area contributed by atoms with Gasteiger partial charge in [-0.15, -0.1) is 0 Å². The minimum Gasteiger partial charge on any atom is -0.353 e. The molecular weight excluding hydrogens is 300 g/mol. The van der Waals surface area contributed by atoms with Gasteiger partial charge in [0.1, 0.15) is 5.82 Å². The lowest BCUT2D eigenvalue weighted by Gasteiger charge is -2.40. The van der Waals surface area contributed by atoms with Gasteiger partial charge >= 0.3 is 6.03 Å². The van der Waals surface area contributed by atoms with Crippen LogP contribution in [0, 0.1) is 13.8 Å². The van der Waals surface area contributed by atoms with Crippen LogP contribution < -0.4 is 10.2 Å². The number of nitrogens with one attached hydrogen (secondary N) is 1. The first-order valence-electron chi connectivity index (χ1n) is 8.35. The molecule has 2 aromatic rings. The first-order valence-corrected chi connectivity index (χ1v) is 8.35. The number of carbonyl (C=O) groups is 1. The third kappa shape index (κ3) is 3.50. The molecule has 1 aromatic heterocycles. The maximum absolute atomic E-state index is 12.6. The lowest BCUT2D eigenvalue weighted by Crippen LogP contribution is -2.55. The zero-order valence-corrected chi connectivity index (χ0v) is 14.5. The largest absolute Gasteiger partial charge is 0.353 e. The number of benzene rings is 1. The summed E-state index contributed by atoms with van der Waals surface area (Å²) in [5, 5.41) is 2.99. The van der Waals surface area contributed by atoms with Gasteiger partial charge in [0.15, 0.2) is 0 Å². The molecule has 1 unspecified atom stereocenters. The van der Waals surface area contributed by atoms with Crippen molar-refractivity contribution >= 4 is 17.5 Å². The molecule has 2 heterocycles. The van der Waals surface area contributed by atoms with Gasteiger partial charge in [-0.1, -0.05) is 23.8 Å². The maximum atomic E-state index is 12.6. The Hall–Kier alpha value is -2.56. The van der Waals surface area contributed by atoms with E-state index >= 15 is 0 Å². The second-order valence-corrected chi connectivity index (χ2v) is 6.43. The van der Waals surface area contributed by atoms with Crippen molar-refractivity contribution < 1.29 is 4.79 Å². The minimum atomic E-state index is -0.0382. The first kappa shape index (κ1) is 16.3. The zero-order valence-electron chi connectivity index (χ0n) is 14.5. The molecule has 24 heavy (non-hydrogen) atoms. The molecule has 1 atom stereocenters. The Morgan fingerprint density at radius 2 is 1.92 bits per heavy atom. The van der Waals surface area contributed by atoms with E-state index in [4.69, 9.17) is 0 Å². The van der Waals surface area contributed by atoms with E-state index < -0.39 is 0 Å². The predicted molar refractivity (Wildman–Crippen MR) is 97.6 cm³/mol. The molecule has 1 N–H and O–H groups in total. The molecule has 126 valence electrons. The molecule has 3 rings (SSSR count). The second-order valence-electron chi connectivity index (χ2n) is 6.43. The zero-order chi connectivity index (χ0) is 17.1. The van der Waals surface area contributed by atoms with Crippen molar-refractivity contribution in [3.63, 3.8) is 0 Å². The van der Waals surface area contributed by atoms with Gasteiger partial charge in [0.25, 0.3) is 0 Å². The number of pyridine rings is 1. The van der Waals surface area contributed by atoms with E-state index in [1.54, 1.807) is 0 Å². The van der Waals surface area contributed by atoms with Gasteiger partial charge in [-0.05, 0) is 44.5 Å². The molecule has 0 radical (unpaired) electrons. The van der Waals surface area contributed by atoms with Crippen molar-refractivity contribution in [2.75, 3.05) is 29.9 Å². The Morgan fingerprint density at radius 1 is 1.17 bits per heavy atom. The summed E-state index contributed by atoms with van der Waals surface area (Å²) in [6.07, 6.45) is 1.82. The molecule has 1 fully saturated rings. The van der Waals surface area contributed by atoms with E-state index in [2.05, 4.69) is 35.1 Å². The van der Waals surface area contributed by atoms with Crippen molar-refractivity contribution in [3.8, 4) is 0 Å². The van der Waals surface area contributed by atoms with Crippen LogP contribution in [0.5, 0.6) is 0 Å². The fourth-order valence-corrected chi connectivity index (χ4v) is 3.09. The van der Waals surface area contributed by atoms with Crippen LogP contribution in [0.3, 0.4) is 0 Å². The van der Waals surface area contributed by atoms with Crippen molar-refractivity contribution in [2.45, 2.75) is 26.8 Å². The van der Waals surface area contributed by atoms with Crippen LogP contribution in [-0.4, -0.2) is 41.6 Å². The van der Waals surface area contributed by atoms with Crippen LogP contribution in [0.4, 0.5) is 16.3 Å². The van der Waals surface area contributed by atoms with Gasteiger partial charge in [0, 0.05) is 37.6 Å². The van der Waals surface area contributed by atoms with E-state index in [-0.39, 0.29) is 12.1 Å². The number of rotatable bonds is 2. The van der Waals surface area contributed by atoms with Crippen LogP contribution >= 0.6 is 0 Å². The predicted octanol–water partition coefficient (Wildman–Crippen LogP) is 3.44. The summed E-state index contributed by atoms with van der Waals surface area (Å²) in [6, 6.07) is 12.0. The summed E-state index contributed by atoms with van der Waals surface area (Å²) in [6.45, 7) is 8.46. The third-order valence-corrected chi connectivity index (χ3v) is 4.47. The third-order valence-electron chi connectivity index (χ3n) is 4.47. The number of hydrogen-bond acceptors (Lipinski definition) is 3. The van der Waals surface area contributed by atoms with E-state index in [0.29, 0.717) is 6.54 Å². The average Bonchev–Trinajstić information content (AvgIpc) is 2.57. The highest BCUT2D eigenvalue weighted by molar-refractivity contribution is 5.89. The highest BCUT2D eigenvalue weighted by Crippen LogP contribution is 2.21. The quantitative estimate of drug-likeness (QED) is 0.920. The van der Waals surface area contributed by atoms with Crippen molar-refractivity contribution in [2.24, 2.45) is 0 Å². The molecule has 5 heteroatoms. The van der Waals surface area contributed by atoms with Gasteiger partial charge < -0.3 is 15.1 Å². The Kier molecular flexibility index (Phi) is 4.69. The fraction of sp³-hybridized carbons (Fsp3) is 0.368. The van der Waals surface area contributed by atoms with Gasteiger partial charge in [0.05, 0.1) is 0 Å². The molecule has 0 spiro atoms. The average molecular weight is 324 g/mol. The summed E-state index contributed by atoms with van der Waals surface area (Å²) in [7, 11) is 0. The summed E-state index contributed by atoms with van der Waals surface area (Å²) < 4.78 is 0.